The summed E-state index contributed by atoms with van der Waals surface area (Å²) in [5.41, 5.74) is 2.99. The largest absolute Gasteiger partial charge is 0.494 e. The lowest BCUT2D eigenvalue weighted by molar-refractivity contribution is 0.400. The van der Waals surface area contributed by atoms with Gasteiger partial charge in [0.2, 0.25) is 5.82 Å². The van der Waals surface area contributed by atoms with Gasteiger partial charge in [0.25, 0.3) is 0 Å². The zero-order chi connectivity index (χ0) is 13.8. The van der Waals surface area contributed by atoms with E-state index in [2.05, 4.69) is 5.43 Å². The van der Waals surface area contributed by atoms with Crippen LogP contribution >= 0.6 is 12.4 Å². The van der Waals surface area contributed by atoms with E-state index in [0.717, 1.165) is 6.07 Å². The molecule has 0 amide bonds. The summed E-state index contributed by atoms with van der Waals surface area (Å²) in [4.78, 5) is 0. The minimum atomic E-state index is -1.04. The van der Waals surface area contributed by atoms with Gasteiger partial charge in [-0.1, -0.05) is 6.07 Å². The summed E-state index contributed by atoms with van der Waals surface area (Å²) in [6, 6.07) is 8.39. The van der Waals surface area contributed by atoms with Gasteiger partial charge < -0.3 is 14.9 Å². The molecule has 0 aliphatic rings. The molecule has 0 aliphatic carbocycles. The molecular formula is C13H13ClF2N2O2. The Kier molecular flexibility index (Phi) is 5.54. The van der Waals surface area contributed by atoms with Crippen molar-refractivity contribution in [3.63, 3.8) is 0 Å². The number of hydrogen-bond donors (Lipinski definition) is 2. The second-order valence-corrected chi connectivity index (χ2v) is 3.66. The molecule has 0 aromatic heterocycles. The molecule has 7 heteroatoms. The van der Waals surface area contributed by atoms with E-state index >= 15 is 0 Å². The van der Waals surface area contributed by atoms with Crippen LogP contribution in [0.4, 0.5) is 14.5 Å². The van der Waals surface area contributed by atoms with E-state index in [1.54, 1.807) is 12.1 Å². The summed E-state index contributed by atoms with van der Waals surface area (Å²) in [7, 11) is 1.46. The van der Waals surface area contributed by atoms with Crippen molar-refractivity contribution >= 4 is 18.1 Å². The lowest BCUT2D eigenvalue weighted by atomic mass is 10.2. The van der Waals surface area contributed by atoms with Crippen LogP contribution < -0.4 is 20.7 Å². The monoisotopic (exact) mass is 302 g/mol. The van der Waals surface area contributed by atoms with Gasteiger partial charge in [0.05, 0.1) is 12.8 Å². The summed E-state index contributed by atoms with van der Waals surface area (Å²) in [5.74, 6) is 3.82. The van der Waals surface area contributed by atoms with Crippen molar-refractivity contribution in [2.75, 3.05) is 12.5 Å². The fraction of sp³-hybridized carbons (Fsp3) is 0.0769. The topological polar surface area (TPSA) is 56.5 Å². The predicted molar refractivity (Wildman–Crippen MR) is 74.5 cm³/mol. The maximum absolute atomic E-state index is 13.5. The number of nitrogens with one attached hydrogen (secondary N) is 1. The van der Waals surface area contributed by atoms with Gasteiger partial charge in [-0.3, -0.25) is 5.84 Å². The van der Waals surface area contributed by atoms with E-state index in [0.29, 0.717) is 17.2 Å². The first-order valence-corrected chi connectivity index (χ1v) is 5.42. The Morgan fingerprint density at radius 1 is 1.10 bits per heavy atom. The molecule has 0 bridgehead atoms. The van der Waals surface area contributed by atoms with Crippen LogP contribution in [-0.2, 0) is 0 Å². The molecule has 0 spiro atoms. The summed E-state index contributed by atoms with van der Waals surface area (Å²) >= 11 is 0. The third-order valence-corrected chi connectivity index (χ3v) is 2.47. The Morgan fingerprint density at radius 3 is 2.50 bits per heavy atom. The highest BCUT2D eigenvalue weighted by Gasteiger charge is 2.11. The summed E-state index contributed by atoms with van der Waals surface area (Å²) in [5, 5.41) is 0. The molecule has 0 unspecified atom stereocenters. The number of anilines is 1. The molecule has 2 rings (SSSR count). The number of benzene rings is 2. The van der Waals surface area contributed by atoms with Gasteiger partial charge in [0.1, 0.15) is 11.5 Å². The number of rotatable bonds is 4. The number of nitrogen functional groups attached to an aromatic ring is 1. The van der Waals surface area contributed by atoms with Crippen molar-refractivity contribution in [1.82, 2.24) is 0 Å². The highest BCUT2D eigenvalue weighted by atomic mass is 35.5. The molecule has 0 saturated carbocycles. The smallest absolute Gasteiger partial charge is 0.201 e. The fourth-order valence-corrected chi connectivity index (χ4v) is 1.54. The van der Waals surface area contributed by atoms with Gasteiger partial charge >= 0.3 is 0 Å². The fourth-order valence-electron chi connectivity index (χ4n) is 1.54. The molecule has 0 saturated heterocycles. The third-order valence-electron chi connectivity index (χ3n) is 2.47. The Hall–Kier alpha value is -2.05. The van der Waals surface area contributed by atoms with Crippen LogP contribution in [-0.4, -0.2) is 7.11 Å². The van der Waals surface area contributed by atoms with E-state index in [9.17, 15) is 8.78 Å². The van der Waals surface area contributed by atoms with Crippen molar-refractivity contribution in [1.29, 1.82) is 0 Å². The van der Waals surface area contributed by atoms with E-state index < -0.39 is 11.6 Å². The number of nitrogens with two attached hydrogens (primary N) is 1. The van der Waals surface area contributed by atoms with Crippen molar-refractivity contribution < 1.29 is 18.3 Å². The molecule has 0 radical (unpaired) electrons. The lowest BCUT2D eigenvalue weighted by Crippen LogP contribution is -2.08. The van der Waals surface area contributed by atoms with Crippen LogP contribution in [0.3, 0.4) is 0 Å². The van der Waals surface area contributed by atoms with Crippen molar-refractivity contribution in [3.8, 4) is 17.2 Å². The normalized spacial score (nSPS) is 9.60. The van der Waals surface area contributed by atoms with Gasteiger partial charge in [0.15, 0.2) is 11.6 Å². The Bertz CT molecular complexity index is 597. The second kappa shape index (κ2) is 6.93. The highest BCUT2D eigenvalue weighted by Crippen LogP contribution is 2.32. The number of hydrogen-bond acceptors (Lipinski definition) is 4. The Morgan fingerprint density at radius 2 is 1.85 bits per heavy atom. The molecule has 4 nitrogen and oxygen atoms in total. The zero-order valence-corrected chi connectivity index (χ0v) is 11.3. The van der Waals surface area contributed by atoms with Gasteiger partial charge in [-0.15, -0.1) is 12.4 Å². The highest BCUT2D eigenvalue weighted by molar-refractivity contribution is 5.85. The summed E-state index contributed by atoms with van der Waals surface area (Å²) in [6.07, 6.45) is 0. The van der Waals surface area contributed by atoms with Crippen LogP contribution in [0.15, 0.2) is 36.4 Å². The van der Waals surface area contributed by atoms with Crippen LogP contribution in [0.25, 0.3) is 0 Å². The van der Waals surface area contributed by atoms with Gasteiger partial charge in [-0.05, 0) is 24.3 Å². The molecule has 0 atom stereocenters. The van der Waals surface area contributed by atoms with Crippen LogP contribution in [0.1, 0.15) is 0 Å². The minimum Gasteiger partial charge on any atom is -0.494 e. The average molecular weight is 303 g/mol. The molecule has 0 heterocycles. The van der Waals surface area contributed by atoms with E-state index in [1.807, 2.05) is 0 Å². The first-order valence-electron chi connectivity index (χ1n) is 5.42. The predicted octanol–water partition coefficient (Wildman–Crippen LogP) is 3.47. The van der Waals surface area contributed by atoms with E-state index in [4.69, 9.17) is 15.3 Å². The first-order chi connectivity index (χ1) is 9.15. The van der Waals surface area contributed by atoms with Gasteiger partial charge in [0, 0.05) is 6.07 Å². The zero-order valence-electron chi connectivity index (χ0n) is 10.5. The Labute approximate surface area is 120 Å². The minimum absolute atomic E-state index is 0. The second-order valence-electron chi connectivity index (χ2n) is 3.66. The van der Waals surface area contributed by atoms with Gasteiger partial charge in [-0.2, -0.15) is 4.39 Å². The Balaban J connectivity index is 0.00000200. The molecule has 108 valence electrons. The van der Waals surface area contributed by atoms with E-state index in [1.165, 1.54) is 25.3 Å². The standard InChI is InChI=1S/C13H12F2N2O2.ClH/c1-18-12-7-8(5-6-10(12)17-16)19-11-4-2-3-9(14)13(11)15;/h2-7,17H,16H2,1H3;1H. The molecular weight excluding hydrogens is 290 g/mol. The molecule has 2 aromatic rings. The van der Waals surface area contributed by atoms with Gasteiger partial charge in [-0.25, -0.2) is 4.39 Å². The van der Waals surface area contributed by atoms with Crippen LogP contribution in [0.2, 0.25) is 0 Å². The average Bonchev–Trinajstić information content (AvgIpc) is 2.43. The van der Waals surface area contributed by atoms with Crippen molar-refractivity contribution in [2.45, 2.75) is 0 Å². The molecule has 3 N–H and O–H groups in total. The number of halogens is 3. The van der Waals surface area contributed by atoms with E-state index in [-0.39, 0.29) is 18.2 Å². The quantitative estimate of drug-likeness (QED) is 0.671. The maximum Gasteiger partial charge on any atom is 0.201 e. The number of hydrazine groups is 1. The molecule has 2 aromatic carbocycles. The number of ether oxygens (including phenoxy) is 2. The molecule has 0 fully saturated rings. The summed E-state index contributed by atoms with van der Waals surface area (Å²) in [6.45, 7) is 0. The van der Waals surface area contributed by atoms with Crippen molar-refractivity contribution in [3.05, 3.63) is 48.0 Å². The third kappa shape index (κ3) is 3.28. The lowest BCUT2D eigenvalue weighted by Gasteiger charge is -2.11. The van der Waals surface area contributed by atoms with Crippen molar-refractivity contribution in [2.24, 2.45) is 5.84 Å². The first kappa shape index (κ1) is 16.0. The molecule has 0 aliphatic heterocycles. The summed E-state index contributed by atoms with van der Waals surface area (Å²) < 4.78 is 36.8. The number of methoxy groups -OCH3 is 1. The SMILES string of the molecule is COc1cc(Oc2cccc(F)c2F)ccc1NN.Cl. The maximum atomic E-state index is 13.5. The van der Waals surface area contributed by atoms with Crippen LogP contribution in [0.5, 0.6) is 17.2 Å². The molecule has 20 heavy (non-hydrogen) atoms. The van der Waals surface area contributed by atoms with Crippen LogP contribution in [0, 0.1) is 11.6 Å².